The Bertz CT molecular complexity index is 729. The predicted octanol–water partition coefficient (Wildman–Crippen LogP) is 4.89. The van der Waals surface area contributed by atoms with Gasteiger partial charge in [-0.05, 0) is 42.7 Å². The highest BCUT2D eigenvalue weighted by Crippen LogP contribution is 2.37. The number of thiazole rings is 1. The van der Waals surface area contributed by atoms with E-state index in [0.29, 0.717) is 6.42 Å². The Morgan fingerprint density at radius 3 is 2.85 bits per heavy atom. The van der Waals surface area contributed by atoms with Crippen molar-refractivity contribution in [3.63, 3.8) is 0 Å². The van der Waals surface area contributed by atoms with Crippen molar-refractivity contribution < 1.29 is 9.13 Å². The lowest BCUT2D eigenvalue weighted by atomic mass is 9.95. The van der Waals surface area contributed by atoms with Crippen molar-refractivity contribution in [2.45, 2.75) is 20.3 Å². The molecule has 0 saturated carbocycles. The van der Waals surface area contributed by atoms with Gasteiger partial charge in [0.25, 0.3) is 0 Å². The highest BCUT2D eigenvalue weighted by atomic mass is 32.1. The molecule has 1 unspecified atom stereocenters. The monoisotopic (exact) mass is 289 g/mol. The first-order valence-corrected chi connectivity index (χ1v) is 7.42. The molecule has 2 nitrogen and oxygen atoms in total. The molecule has 1 aliphatic carbocycles. The maximum Gasteiger partial charge on any atom is 0.120 e. The molecule has 1 aromatic carbocycles. The molecule has 0 fully saturated rings. The number of aryl methyl sites for hydroxylation is 1. The molecule has 20 heavy (non-hydrogen) atoms. The summed E-state index contributed by atoms with van der Waals surface area (Å²) < 4.78 is 19.8. The number of benzene rings is 1. The van der Waals surface area contributed by atoms with Gasteiger partial charge in [-0.2, -0.15) is 0 Å². The topological polar surface area (TPSA) is 22.1 Å². The molecule has 1 heterocycles. The number of nitrogens with zero attached hydrogens (tertiary/aromatic N) is 1. The van der Waals surface area contributed by atoms with E-state index in [0.717, 1.165) is 32.1 Å². The molecule has 2 aromatic rings. The summed E-state index contributed by atoms with van der Waals surface area (Å²) in [6, 6.07) is 4.00. The Morgan fingerprint density at radius 1 is 1.35 bits per heavy atom. The van der Waals surface area contributed by atoms with Gasteiger partial charge >= 0.3 is 0 Å². The maximum absolute atomic E-state index is 13.4. The zero-order valence-electron chi connectivity index (χ0n) is 11.7. The first-order valence-electron chi connectivity index (χ1n) is 6.60. The van der Waals surface area contributed by atoms with Crippen LogP contribution in [0.25, 0.3) is 15.8 Å². The zero-order chi connectivity index (χ0) is 14.3. The van der Waals surface area contributed by atoms with E-state index in [2.05, 4.69) is 0 Å². The van der Waals surface area contributed by atoms with Crippen LogP contribution in [0.15, 0.2) is 30.1 Å². The minimum absolute atomic E-state index is 0.0484. The second-order valence-corrected chi connectivity index (χ2v) is 6.19. The summed E-state index contributed by atoms with van der Waals surface area (Å²) in [5.41, 5.74) is 3.22. The highest BCUT2D eigenvalue weighted by Gasteiger charge is 2.19. The summed E-state index contributed by atoms with van der Waals surface area (Å²) in [5.74, 6) is 0.743. The molecule has 0 bridgehead atoms. The first-order chi connectivity index (χ1) is 9.58. The predicted molar refractivity (Wildman–Crippen MR) is 81.9 cm³/mol. The quantitative estimate of drug-likeness (QED) is 0.785. The van der Waals surface area contributed by atoms with E-state index in [1.807, 2.05) is 32.1 Å². The van der Waals surface area contributed by atoms with E-state index < -0.39 is 0 Å². The van der Waals surface area contributed by atoms with Crippen LogP contribution in [0, 0.1) is 12.8 Å². The number of rotatable bonds is 2. The van der Waals surface area contributed by atoms with Crippen molar-refractivity contribution in [1.82, 2.24) is 4.98 Å². The van der Waals surface area contributed by atoms with E-state index in [9.17, 15) is 4.39 Å². The lowest BCUT2D eigenvalue weighted by Gasteiger charge is -2.14. The van der Waals surface area contributed by atoms with Crippen molar-refractivity contribution >= 4 is 27.1 Å². The average Bonchev–Trinajstić information content (AvgIpc) is 2.86. The number of aromatic nitrogens is 1. The van der Waals surface area contributed by atoms with Crippen LogP contribution in [-0.4, -0.2) is 12.1 Å². The highest BCUT2D eigenvalue weighted by molar-refractivity contribution is 7.19. The van der Waals surface area contributed by atoms with E-state index >= 15 is 0 Å². The van der Waals surface area contributed by atoms with Crippen LogP contribution in [0.4, 0.5) is 4.39 Å². The summed E-state index contributed by atoms with van der Waals surface area (Å²) in [7, 11) is 1.67. The Kier molecular flexibility index (Phi) is 3.34. The van der Waals surface area contributed by atoms with Gasteiger partial charge in [0.1, 0.15) is 16.6 Å². The van der Waals surface area contributed by atoms with E-state index in [-0.39, 0.29) is 11.7 Å². The molecule has 0 saturated heterocycles. The Hall–Kier alpha value is -1.68. The third-order valence-corrected chi connectivity index (χ3v) is 4.69. The van der Waals surface area contributed by atoms with Gasteiger partial charge in [-0.25, -0.2) is 9.37 Å². The van der Waals surface area contributed by atoms with Gasteiger partial charge in [0.2, 0.25) is 0 Å². The fourth-order valence-corrected chi connectivity index (χ4v) is 3.52. The molecule has 0 aliphatic heterocycles. The molecule has 0 amide bonds. The minimum Gasteiger partial charge on any atom is -0.497 e. The van der Waals surface area contributed by atoms with Crippen LogP contribution in [0.3, 0.4) is 0 Å². The molecule has 4 heteroatoms. The second kappa shape index (κ2) is 5.02. The van der Waals surface area contributed by atoms with Gasteiger partial charge in [0.05, 0.1) is 17.3 Å². The van der Waals surface area contributed by atoms with Crippen molar-refractivity contribution in [2.75, 3.05) is 7.11 Å². The van der Waals surface area contributed by atoms with Crippen LogP contribution in [0.2, 0.25) is 0 Å². The summed E-state index contributed by atoms with van der Waals surface area (Å²) >= 11 is 1.64. The van der Waals surface area contributed by atoms with Gasteiger partial charge in [-0.3, -0.25) is 0 Å². The summed E-state index contributed by atoms with van der Waals surface area (Å²) in [6.45, 7) is 3.94. The van der Waals surface area contributed by atoms with Gasteiger partial charge in [-0.15, -0.1) is 11.3 Å². The lowest BCUT2D eigenvalue weighted by Crippen LogP contribution is -2.01. The van der Waals surface area contributed by atoms with Gasteiger partial charge in [0.15, 0.2) is 0 Å². The third kappa shape index (κ3) is 2.24. The largest absolute Gasteiger partial charge is 0.497 e. The van der Waals surface area contributed by atoms with E-state index in [4.69, 9.17) is 9.72 Å². The van der Waals surface area contributed by atoms with Crippen LogP contribution in [0.5, 0.6) is 5.75 Å². The average molecular weight is 289 g/mol. The maximum atomic E-state index is 13.4. The molecule has 0 spiro atoms. The molecular formula is C16H16FNOS. The molecule has 1 aromatic heterocycles. The number of hydrogen-bond donors (Lipinski definition) is 0. The minimum atomic E-state index is -0.0577. The molecule has 104 valence electrons. The molecule has 0 radical (unpaired) electrons. The van der Waals surface area contributed by atoms with Crippen LogP contribution < -0.4 is 4.74 Å². The zero-order valence-corrected chi connectivity index (χ0v) is 12.6. The van der Waals surface area contributed by atoms with Crippen LogP contribution in [0.1, 0.15) is 23.9 Å². The van der Waals surface area contributed by atoms with E-state index in [1.165, 1.54) is 0 Å². The normalized spacial score (nSPS) is 18.9. The Morgan fingerprint density at radius 2 is 2.15 bits per heavy atom. The fourth-order valence-electron chi connectivity index (χ4n) is 2.42. The molecular weight excluding hydrogens is 273 g/mol. The van der Waals surface area contributed by atoms with Crippen LogP contribution in [-0.2, 0) is 0 Å². The summed E-state index contributed by atoms with van der Waals surface area (Å²) in [6.07, 6.45) is 4.11. The van der Waals surface area contributed by atoms with Crippen LogP contribution >= 0.6 is 11.3 Å². The van der Waals surface area contributed by atoms with E-state index in [1.54, 1.807) is 24.5 Å². The van der Waals surface area contributed by atoms with Crippen molar-refractivity contribution in [2.24, 2.45) is 5.92 Å². The van der Waals surface area contributed by atoms with Gasteiger partial charge in [-0.1, -0.05) is 13.0 Å². The fraction of sp³-hybridized carbons (Fsp3) is 0.312. The smallest absolute Gasteiger partial charge is 0.120 e. The van der Waals surface area contributed by atoms with Crippen molar-refractivity contribution in [3.8, 4) is 5.75 Å². The lowest BCUT2D eigenvalue weighted by molar-refractivity contribution is 0.415. The molecule has 0 N–H and O–H groups in total. The third-order valence-electron chi connectivity index (χ3n) is 3.61. The second-order valence-electron chi connectivity index (χ2n) is 5.16. The summed E-state index contributed by atoms with van der Waals surface area (Å²) in [4.78, 5) is 4.71. The van der Waals surface area contributed by atoms with Crippen molar-refractivity contribution in [1.29, 1.82) is 0 Å². The van der Waals surface area contributed by atoms with Gasteiger partial charge in [0, 0.05) is 5.92 Å². The van der Waals surface area contributed by atoms with Crippen molar-refractivity contribution in [3.05, 3.63) is 40.7 Å². The Balaban J connectivity index is 2.08. The summed E-state index contributed by atoms with van der Waals surface area (Å²) in [5, 5.41) is 0.979. The number of ether oxygens (including phenoxy) is 1. The number of methoxy groups -OCH3 is 1. The number of fused-ring (bicyclic) bond motifs is 1. The molecule has 1 aliphatic rings. The molecule has 3 rings (SSSR count). The number of allylic oxidation sites excluding steroid dienone is 4. The van der Waals surface area contributed by atoms with Gasteiger partial charge < -0.3 is 4.74 Å². The Labute approximate surface area is 121 Å². The SMILES string of the molecule is COc1cc(C)c2nc(C3=CC=C(F)C(C)C3)sc2c1. The molecule has 1 atom stereocenters. The first kappa shape index (κ1) is 13.3. The number of halogens is 1. The standard InChI is InChI=1S/C16H16FNOS/c1-9-6-11(4-5-13(9)17)16-18-15-10(2)7-12(19-3)8-14(15)20-16/h4-5,7-9H,6H2,1-3H3. The number of hydrogen-bond acceptors (Lipinski definition) is 3.